The zero-order valence-electron chi connectivity index (χ0n) is 3.40. The van der Waals surface area contributed by atoms with Gasteiger partial charge in [0.2, 0.25) is 0 Å². The second-order valence-corrected chi connectivity index (χ2v) is 2.15. The van der Waals surface area contributed by atoms with Crippen LogP contribution in [-0.2, 0) is 21.1 Å². The van der Waals surface area contributed by atoms with Crippen molar-refractivity contribution in [3.05, 3.63) is 16.8 Å². The summed E-state index contributed by atoms with van der Waals surface area (Å²) >= 11 is 5.17. The molecule has 1 nitrogen and oxygen atoms in total. The Morgan fingerprint density at radius 1 is 1.86 bits per heavy atom. The third-order valence-electron chi connectivity index (χ3n) is 0.334. The molecule has 37 valence electrons. The van der Waals surface area contributed by atoms with E-state index in [1.807, 2.05) is 0 Å². The predicted octanol–water partition coefficient (Wildman–Crippen LogP) is 1.12. The van der Waals surface area contributed by atoms with Crippen molar-refractivity contribution < 1.29 is 21.1 Å². The molecule has 0 aliphatic carbocycles. The van der Waals surface area contributed by atoms with Gasteiger partial charge in [0, 0.05) is 0 Å². The first-order valence-corrected chi connectivity index (χ1v) is 2.88. The van der Waals surface area contributed by atoms with Crippen molar-refractivity contribution in [2.24, 2.45) is 0 Å². The molecule has 0 amide bonds. The van der Waals surface area contributed by atoms with Crippen LogP contribution in [0.25, 0.3) is 0 Å². The molecule has 0 saturated heterocycles. The van der Waals surface area contributed by atoms with Crippen LogP contribution in [0.3, 0.4) is 0 Å². The summed E-state index contributed by atoms with van der Waals surface area (Å²) in [6.45, 7) is 3.23. The van der Waals surface area contributed by atoms with Gasteiger partial charge in [0.15, 0.2) is 0 Å². The Morgan fingerprint density at radius 3 is 2.29 bits per heavy atom. The molecule has 0 heterocycles. The minimum atomic E-state index is -0.171. The average molecular weight is 198 g/mol. The van der Waals surface area contributed by atoms with Gasteiger partial charge < -0.3 is 0 Å². The van der Waals surface area contributed by atoms with E-state index >= 15 is 0 Å². The quantitative estimate of drug-likeness (QED) is 0.455. The number of hydrogen-bond donors (Lipinski definition) is 0. The first-order valence-electron chi connectivity index (χ1n) is 1.45. The summed E-state index contributed by atoms with van der Waals surface area (Å²) in [5, 5.41) is 0. The molecule has 0 atom stereocenters. The van der Waals surface area contributed by atoms with Crippen LogP contribution >= 0.6 is 15.9 Å². The molecule has 0 aliphatic rings. The molecule has 0 aromatic heterocycles. The molecule has 0 fully saturated rings. The molecule has 0 aromatic rings. The third kappa shape index (κ3) is 2.85. The number of rotatable bonds is 1. The van der Waals surface area contributed by atoms with Gasteiger partial charge in [-0.15, -0.1) is 0 Å². The fourth-order valence-electron chi connectivity index (χ4n) is 0.0722. The summed E-state index contributed by atoms with van der Waals surface area (Å²) in [5.74, 6) is 0. The fourth-order valence-corrected chi connectivity index (χ4v) is 0.185. The molecular weight excluding hydrogens is 196 g/mol. The van der Waals surface area contributed by atoms with Gasteiger partial charge in [-0.25, -0.2) is 0 Å². The maximum absolute atomic E-state index is 10.1. The van der Waals surface area contributed by atoms with E-state index in [0.29, 0.717) is 4.48 Å². The van der Waals surface area contributed by atoms with Gasteiger partial charge in [-0.3, -0.25) is 0 Å². The van der Waals surface area contributed by atoms with E-state index in [1.54, 1.807) is 0 Å². The van der Waals surface area contributed by atoms with E-state index in [-0.39, 0.29) is 4.65 Å². The van der Waals surface area contributed by atoms with Crippen molar-refractivity contribution in [2.45, 2.75) is 0 Å². The number of allylic oxidation sites excluding steroid dienone is 1. The van der Waals surface area contributed by atoms with Crippen LogP contribution < -0.4 is 0 Å². The zero-order chi connectivity index (χ0) is 5.86. The van der Waals surface area contributed by atoms with Crippen LogP contribution in [0.5, 0.6) is 0 Å². The summed E-state index contributed by atoms with van der Waals surface area (Å²) < 4.78 is 0.183. The summed E-state index contributed by atoms with van der Waals surface area (Å²) in [6.07, 6.45) is 0. The molecule has 0 unspecified atom stereocenters. The monoisotopic (exact) mass is 197 g/mol. The first kappa shape index (κ1) is 7.20. The standard InChI is InChI=1S/C4H2BrO.Cr/c1-2-4(5)3-6;/h1H2;. The Labute approximate surface area is 58.6 Å². The van der Waals surface area contributed by atoms with Crippen LogP contribution in [0.1, 0.15) is 0 Å². The summed E-state index contributed by atoms with van der Waals surface area (Å²) in [6, 6.07) is 0. The summed E-state index contributed by atoms with van der Waals surface area (Å²) in [5.41, 5.74) is 2.37. The predicted molar refractivity (Wildman–Crippen MR) is 26.6 cm³/mol. The van der Waals surface area contributed by atoms with Crippen molar-refractivity contribution in [1.29, 1.82) is 0 Å². The third-order valence-corrected chi connectivity index (χ3v) is 1.72. The van der Waals surface area contributed by atoms with E-state index in [9.17, 15) is 4.79 Å². The Bertz CT molecular complexity index is 135. The molecule has 0 spiro atoms. The number of hydrogen-bond acceptors (Lipinski definition) is 1. The topological polar surface area (TPSA) is 17.1 Å². The van der Waals surface area contributed by atoms with Gasteiger partial charge in [-0.1, -0.05) is 0 Å². The van der Waals surface area contributed by atoms with Gasteiger partial charge in [0.05, 0.1) is 0 Å². The second kappa shape index (κ2) is 3.24. The molecule has 0 radical (unpaired) electrons. The maximum atomic E-state index is 10.1. The molecule has 0 saturated carbocycles. The van der Waals surface area contributed by atoms with E-state index in [4.69, 9.17) is 0 Å². The zero-order valence-corrected chi connectivity index (χ0v) is 6.26. The van der Waals surface area contributed by atoms with Crippen LogP contribution in [0, 0.1) is 0 Å². The first-order chi connectivity index (χ1) is 3.18. The van der Waals surface area contributed by atoms with E-state index in [2.05, 4.69) is 44.5 Å². The van der Waals surface area contributed by atoms with Crippen molar-refractivity contribution >= 4 is 20.6 Å². The van der Waals surface area contributed by atoms with Crippen molar-refractivity contribution in [1.82, 2.24) is 0 Å². The molecule has 7 heavy (non-hydrogen) atoms. The minimum absolute atomic E-state index is 0.171. The van der Waals surface area contributed by atoms with Gasteiger partial charge in [0.1, 0.15) is 0 Å². The molecule has 0 N–H and O–H groups in total. The van der Waals surface area contributed by atoms with E-state index in [0.717, 1.165) is 0 Å². The Morgan fingerprint density at radius 2 is 2.29 bits per heavy atom. The average Bonchev–Trinajstić information content (AvgIpc) is 1.65. The van der Waals surface area contributed by atoms with Crippen LogP contribution in [-0.4, -0.2) is 4.65 Å². The Kier molecular flexibility index (Phi) is 3.33. The fraction of sp³-hybridized carbons (Fsp3) is 0. The van der Waals surface area contributed by atoms with Crippen molar-refractivity contribution in [3.8, 4) is 0 Å². The molecule has 3 heteroatoms. The van der Waals surface area contributed by atoms with Gasteiger partial charge >= 0.3 is 58.5 Å². The number of halogens is 1. The summed E-state index contributed by atoms with van der Waals surface area (Å²) in [7, 11) is 0. The molecule has 0 aliphatic heterocycles. The van der Waals surface area contributed by atoms with Crippen LogP contribution in [0.2, 0.25) is 0 Å². The Balaban J connectivity index is 4.10. The van der Waals surface area contributed by atoms with E-state index < -0.39 is 0 Å². The van der Waals surface area contributed by atoms with Crippen LogP contribution in [0.15, 0.2) is 16.8 Å². The normalized spacial score (nSPS) is 7.00. The number of carbonyl (C=O) groups is 1. The SMILES string of the molecule is C=C=C(Br)[C](=O)[Cr]. The summed E-state index contributed by atoms with van der Waals surface area (Å²) in [4.78, 5) is 10.1. The second-order valence-electron chi connectivity index (χ2n) is 0.778. The molecule has 0 bridgehead atoms. The van der Waals surface area contributed by atoms with Crippen molar-refractivity contribution in [2.75, 3.05) is 0 Å². The van der Waals surface area contributed by atoms with Gasteiger partial charge in [0.25, 0.3) is 0 Å². The Hall–Kier alpha value is 0.202. The molecule has 0 rings (SSSR count). The number of carbonyl (C=O) groups excluding carboxylic acids is 1. The molecule has 0 aromatic carbocycles. The molecular formula is C4H2BrCrO. The van der Waals surface area contributed by atoms with Gasteiger partial charge in [-0.05, 0) is 0 Å². The van der Waals surface area contributed by atoms with E-state index in [1.165, 1.54) is 0 Å². The van der Waals surface area contributed by atoms with Crippen LogP contribution in [0.4, 0.5) is 0 Å². The van der Waals surface area contributed by atoms with Gasteiger partial charge in [-0.2, -0.15) is 0 Å². The van der Waals surface area contributed by atoms with Crippen molar-refractivity contribution in [3.63, 3.8) is 0 Å².